The second-order valence-corrected chi connectivity index (χ2v) is 8.07. The number of halogens is 2. The molecular formula is C23H18Cl2N4O4. The van der Waals surface area contributed by atoms with Gasteiger partial charge < -0.3 is 10.2 Å². The van der Waals surface area contributed by atoms with Crippen molar-refractivity contribution in [1.29, 1.82) is 0 Å². The Labute approximate surface area is 197 Å². The highest BCUT2D eigenvalue weighted by atomic mass is 35.5. The second kappa shape index (κ2) is 9.40. The third-order valence-corrected chi connectivity index (χ3v) is 5.35. The number of nitrogens with zero attached hydrogens (tertiary/aromatic N) is 2. The Morgan fingerprint density at radius 3 is 2.36 bits per heavy atom. The molecule has 0 aliphatic rings. The Morgan fingerprint density at radius 2 is 1.73 bits per heavy atom. The number of hydrogen-bond donors (Lipinski definition) is 2. The maximum Gasteiger partial charge on any atom is 0.330 e. The van der Waals surface area contributed by atoms with Crippen LogP contribution in [0.2, 0.25) is 10.0 Å². The van der Waals surface area contributed by atoms with Crippen molar-refractivity contribution in [1.82, 2.24) is 9.55 Å². The monoisotopic (exact) mass is 484 g/mol. The van der Waals surface area contributed by atoms with E-state index in [9.17, 15) is 14.4 Å². The largest absolute Gasteiger partial charge is 0.467 e. The highest BCUT2D eigenvalue weighted by molar-refractivity contribution is 6.35. The number of hydrogen-bond acceptors (Lipinski definition) is 5. The van der Waals surface area contributed by atoms with Crippen molar-refractivity contribution >= 4 is 40.6 Å². The SMILES string of the molecule is Nc1c(N(Cc2ccco2)C(=O)c2cc(Cl)cc(Cl)c2)c(=O)[nH]c(=O)n1Cc1ccccc1. The molecule has 33 heavy (non-hydrogen) atoms. The molecule has 0 spiro atoms. The first-order chi connectivity index (χ1) is 15.8. The Kier molecular flexibility index (Phi) is 6.39. The minimum Gasteiger partial charge on any atom is -0.467 e. The molecule has 4 aromatic rings. The zero-order valence-electron chi connectivity index (χ0n) is 17.1. The first-order valence-corrected chi connectivity index (χ1v) is 10.6. The summed E-state index contributed by atoms with van der Waals surface area (Å²) in [5.41, 5.74) is 5.53. The third-order valence-electron chi connectivity index (χ3n) is 4.92. The van der Waals surface area contributed by atoms with E-state index in [2.05, 4.69) is 4.98 Å². The molecule has 4 rings (SSSR count). The van der Waals surface area contributed by atoms with Crippen LogP contribution in [0.5, 0.6) is 0 Å². The fourth-order valence-electron chi connectivity index (χ4n) is 3.41. The van der Waals surface area contributed by atoms with Crippen LogP contribution in [0.1, 0.15) is 21.7 Å². The van der Waals surface area contributed by atoms with Gasteiger partial charge in [-0.25, -0.2) is 4.79 Å². The number of carbonyl (C=O) groups is 1. The molecular weight excluding hydrogens is 467 g/mol. The smallest absolute Gasteiger partial charge is 0.330 e. The van der Waals surface area contributed by atoms with E-state index < -0.39 is 17.2 Å². The zero-order valence-corrected chi connectivity index (χ0v) is 18.6. The van der Waals surface area contributed by atoms with Crippen molar-refractivity contribution in [3.63, 3.8) is 0 Å². The molecule has 0 unspecified atom stereocenters. The first-order valence-electron chi connectivity index (χ1n) is 9.80. The molecule has 0 radical (unpaired) electrons. The van der Waals surface area contributed by atoms with Crippen LogP contribution in [-0.4, -0.2) is 15.5 Å². The van der Waals surface area contributed by atoms with Crippen molar-refractivity contribution in [2.45, 2.75) is 13.1 Å². The van der Waals surface area contributed by atoms with Crippen LogP contribution in [0.4, 0.5) is 11.5 Å². The molecule has 2 heterocycles. The summed E-state index contributed by atoms with van der Waals surface area (Å²) in [5.74, 6) is -0.366. The molecule has 2 aromatic carbocycles. The minimum atomic E-state index is -0.810. The topological polar surface area (TPSA) is 114 Å². The molecule has 0 bridgehead atoms. The van der Waals surface area contributed by atoms with E-state index in [4.69, 9.17) is 33.4 Å². The molecule has 0 saturated carbocycles. The average molecular weight is 485 g/mol. The number of carbonyl (C=O) groups excluding carboxylic acids is 1. The van der Waals surface area contributed by atoms with Gasteiger partial charge in [0.25, 0.3) is 11.5 Å². The number of furan rings is 1. The molecule has 0 atom stereocenters. The normalized spacial score (nSPS) is 10.8. The molecule has 0 saturated heterocycles. The van der Waals surface area contributed by atoms with Gasteiger partial charge in [-0.3, -0.25) is 24.0 Å². The van der Waals surface area contributed by atoms with E-state index in [-0.39, 0.29) is 40.2 Å². The summed E-state index contributed by atoms with van der Waals surface area (Å²) in [5, 5.41) is 0.499. The van der Waals surface area contributed by atoms with Gasteiger partial charge in [-0.2, -0.15) is 0 Å². The average Bonchev–Trinajstić information content (AvgIpc) is 3.28. The highest BCUT2D eigenvalue weighted by Crippen LogP contribution is 2.25. The summed E-state index contributed by atoms with van der Waals surface area (Å²) in [6.07, 6.45) is 1.44. The lowest BCUT2D eigenvalue weighted by Crippen LogP contribution is -2.41. The number of anilines is 2. The van der Waals surface area contributed by atoms with Crippen LogP contribution in [0.15, 0.2) is 80.9 Å². The first kappa shape index (κ1) is 22.4. The summed E-state index contributed by atoms with van der Waals surface area (Å²) in [6.45, 7) is -0.0200. The van der Waals surface area contributed by atoms with Gasteiger partial charge in [0, 0.05) is 15.6 Å². The lowest BCUT2D eigenvalue weighted by Gasteiger charge is -2.24. The maximum atomic E-state index is 13.5. The quantitative estimate of drug-likeness (QED) is 0.430. The number of amides is 1. The van der Waals surface area contributed by atoms with E-state index in [1.807, 2.05) is 30.3 Å². The summed E-state index contributed by atoms with van der Waals surface area (Å²) in [6, 6.07) is 16.7. The van der Waals surface area contributed by atoms with Crippen LogP contribution in [0.3, 0.4) is 0 Å². The van der Waals surface area contributed by atoms with E-state index >= 15 is 0 Å². The molecule has 10 heteroatoms. The van der Waals surface area contributed by atoms with Gasteiger partial charge in [-0.15, -0.1) is 0 Å². The molecule has 168 valence electrons. The predicted molar refractivity (Wildman–Crippen MR) is 127 cm³/mol. The van der Waals surface area contributed by atoms with Gasteiger partial charge in [0.15, 0.2) is 5.69 Å². The van der Waals surface area contributed by atoms with Crippen LogP contribution in [0, 0.1) is 0 Å². The Hall–Kier alpha value is -3.75. The van der Waals surface area contributed by atoms with Gasteiger partial charge in [-0.1, -0.05) is 53.5 Å². The Balaban J connectivity index is 1.86. The number of nitrogens with two attached hydrogens (primary N) is 1. The molecule has 0 aliphatic carbocycles. The van der Waals surface area contributed by atoms with Gasteiger partial charge in [0.1, 0.15) is 11.6 Å². The minimum absolute atomic E-state index is 0.0983. The zero-order chi connectivity index (χ0) is 23.5. The predicted octanol–water partition coefficient (Wildman–Crippen LogP) is 3.91. The van der Waals surface area contributed by atoms with Crippen molar-refractivity contribution in [2.75, 3.05) is 10.6 Å². The van der Waals surface area contributed by atoms with E-state index in [1.165, 1.54) is 29.0 Å². The molecule has 0 fully saturated rings. The van der Waals surface area contributed by atoms with Gasteiger partial charge >= 0.3 is 5.69 Å². The fraction of sp³-hybridized carbons (Fsp3) is 0.0870. The number of nitrogens with one attached hydrogen (secondary N) is 1. The maximum absolute atomic E-state index is 13.5. The Morgan fingerprint density at radius 1 is 1.03 bits per heavy atom. The number of aromatic nitrogens is 2. The number of aromatic amines is 1. The standard InChI is InChI=1S/C23H18Cl2N4O4/c24-16-9-15(10-17(25)11-16)22(31)28(13-18-7-4-8-33-18)19-20(26)29(23(32)27-21(19)30)12-14-5-2-1-3-6-14/h1-11H,12-13,26H2,(H,27,30,32). The number of benzene rings is 2. The second-order valence-electron chi connectivity index (χ2n) is 7.19. The van der Waals surface area contributed by atoms with Gasteiger partial charge in [-0.05, 0) is 35.9 Å². The van der Waals surface area contributed by atoms with Crippen molar-refractivity contribution in [3.05, 3.63) is 115 Å². The Bertz CT molecular complexity index is 1390. The van der Waals surface area contributed by atoms with Crippen molar-refractivity contribution in [2.24, 2.45) is 0 Å². The lowest BCUT2D eigenvalue weighted by molar-refractivity contribution is 0.0983. The summed E-state index contributed by atoms with van der Waals surface area (Å²) in [4.78, 5) is 42.3. The van der Waals surface area contributed by atoms with Crippen LogP contribution < -0.4 is 21.9 Å². The van der Waals surface area contributed by atoms with Crippen molar-refractivity contribution in [3.8, 4) is 0 Å². The summed E-state index contributed by atoms with van der Waals surface area (Å²) in [7, 11) is 0. The number of nitrogen functional groups attached to an aromatic ring is 1. The van der Waals surface area contributed by atoms with Crippen LogP contribution in [-0.2, 0) is 13.1 Å². The molecule has 1 amide bonds. The van der Waals surface area contributed by atoms with Crippen molar-refractivity contribution < 1.29 is 9.21 Å². The van der Waals surface area contributed by atoms with Crippen LogP contribution in [0.25, 0.3) is 0 Å². The third kappa shape index (κ3) is 4.87. The summed E-state index contributed by atoms with van der Waals surface area (Å²) >= 11 is 12.1. The van der Waals surface area contributed by atoms with E-state index in [0.717, 1.165) is 10.5 Å². The molecule has 8 nitrogen and oxygen atoms in total. The lowest BCUT2D eigenvalue weighted by atomic mass is 10.1. The number of rotatable bonds is 6. The van der Waals surface area contributed by atoms with E-state index in [1.54, 1.807) is 12.1 Å². The number of H-pyrrole nitrogens is 1. The van der Waals surface area contributed by atoms with Gasteiger partial charge in [0.2, 0.25) is 0 Å². The molecule has 2 aromatic heterocycles. The van der Waals surface area contributed by atoms with E-state index in [0.29, 0.717) is 5.76 Å². The van der Waals surface area contributed by atoms with Crippen LogP contribution >= 0.6 is 23.2 Å². The fourth-order valence-corrected chi connectivity index (χ4v) is 3.93. The molecule has 3 N–H and O–H groups in total. The van der Waals surface area contributed by atoms with Gasteiger partial charge in [0.05, 0.1) is 19.4 Å². The highest BCUT2D eigenvalue weighted by Gasteiger charge is 2.27. The molecule has 0 aliphatic heterocycles. The summed E-state index contributed by atoms with van der Waals surface area (Å²) < 4.78 is 6.57.